The third-order valence-corrected chi connectivity index (χ3v) is 4.25. The average Bonchev–Trinajstić information content (AvgIpc) is 2.88. The van der Waals surface area contributed by atoms with Crippen molar-refractivity contribution in [3.05, 3.63) is 30.0 Å². The number of carboxylic acid groups (broad SMARTS) is 1. The van der Waals surface area contributed by atoms with Gasteiger partial charge in [0.2, 0.25) is 0 Å². The lowest BCUT2D eigenvalue weighted by molar-refractivity contribution is 0.0683. The molecule has 0 radical (unpaired) electrons. The molecule has 112 valence electrons. The fraction of sp³-hybridized carbons (Fsp3) is 0.438. The number of aliphatic hydroxyl groups excluding tert-OH is 1. The summed E-state index contributed by atoms with van der Waals surface area (Å²) in [5.74, 6) is -0.876. The Balaban J connectivity index is 2.20. The maximum Gasteiger partial charge on any atom is 0.352 e. The first-order chi connectivity index (χ1) is 10.2. The zero-order chi connectivity index (χ0) is 15.0. The van der Waals surface area contributed by atoms with Crippen molar-refractivity contribution in [3.8, 4) is 0 Å². The molecule has 0 amide bonds. The molecule has 1 atom stereocenters. The summed E-state index contributed by atoms with van der Waals surface area (Å²) in [4.78, 5) is 13.8. The summed E-state index contributed by atoms with van der Waals surface area (Å²) in [6.45, 7) is 3.84. The Hall–Kier alpha value is -2.01. The molecular weight excluding hydrogens is 268 g/mol. The number of carbonyl (C=O) groups is 1. The van der Waals surface area contributed by atoms with Crippen LogP contribution in [0.15, 0.2) is 24.3 Å². The van der Waals surface area contributed by atoms with Crippen molar-refractivity contribution >= 4 is 22.6 Å². The smallest absolute Gasteiger partial charge is 0.352 e. The van der Waals surface area contributed by atoms with E-state index in [4.69, 9.17) is 5.11 Å². The largest absolute Gasteiger partial charge is 0.477 e. The van der Waals surface area contributed by atoms with Gasteiger partial charge in [-0.2, -0.15) is 0 Å². The van der Waals surface area contributed by atoms with E-state index in [1.165, 1.54) is 0 Å². The van der Waals surface area contributed by atoms with Crippen LogP contribution in [-0.2, 0) is 0 Å². The van der Waals surface area contributed by atoms with Crippen LogP contribution in [0.3, 0.4) is 0 Å². The molecule has 5 nitrogen and oxygen atoms in total. The number of hydrogen-bond donors (Lipinski definition) is 2. The monoisotopic (exact) mass is 288 g/mol. The van der Waals surface area contributed by atoms with Gasteiger partial charge in [-0.05, 0) is 25.0 Å². The van der Waals surface area contributed by atoms with Crippen molar-refractivity contribution in [3.63, 3.8) is 0 Å². The number of aromatic carboxylic acids is 1. The Kier molecular flexibility index (Phi) is 3.59. The van der Waals surface area contributed by atoms with Crippen molar-refractivity contribution in [2.75, 3.05) is 24.6 Å². The van der Waals surface area contributed by atoms with Gasteiger partial charge in [0.15, 0.2) is 0 Å². The van der Waals surface area contributed by atoms with E-state index in [2.05, 4.69) is 11.8 Å². The molecule has 0 fully saturated rings. The van der Waals surface area contributed by atoms with E-state index >= 15 is 0 Å². The zero-order valence-electron chi connectivity index (χ0n) is 12.1. The molecule has 1 unspecified atom stereocenters. The minimum atomic E-state index is -0.876. The van der Waals surface area contributed by atoms with Crippen molar-refractivity contribution in [1.82, 2.24) is 4.57 Å². The quantitative estimate of drug-likeness (QED) is 0.887. The number of benzene rings is 1. The Morgan fingerprint density at radius 2 is 2.24 bits per heavy atom. The maximum absolute atomic E-state index is 11.5. The van der Waals surface area contributed by atoms with E-state index in [-0.39, 0.29) is 12.6 Å². The third kappa shape index (κ3) is 2.17. The number of carboxylic acids is 1. The van der Waals surface area contributed by atoms with Gasteiger partial charge < -0.3 is 19.7 Å². The molecular formula is C16H20N2O3. The van der Waals surface area contributed by atoms with Gasteiger partial charge in [0.25, 0.3) is 0 Å². The van der Waals surface area contributed by atoms with Crippen LogP contribution in [0.5, 0.6) is 0 Å². The minimum absolute atomic E-state index is 0.155. The molecule has 3 rings (SSSR count). The highest BCUT2D eigenvalue weighted by molar-refractivity contribution is 6.00. The SMILES string of the molecule is CCC1CN(CCCO)c2cccc3cc(C(=O)O)n1c23. The van der Waals surface area contributed by atoms with Crippen LogP contribution in [0.25, 0.3) is 10.9 Å². The van der Waals surface area contributed by atoms with Gasteiger partial charge in [0.05, 0.1) is 17.2 Å². The molecule has 2 N–H and O–H groups in total. The van der Waals surface area contributed by atoms with E-state index in [1.807, 2.05) is 22.8 Å². The van der Waals surface area contributed by atoms with Crippen LogP contribution in [0.1, 0.15) is 36.3 Å². The van der Waals surface area contributed by atoms with Crippen LogP contribution in [0.2, 0.25) is 0 Å². The van der Waals surface area contributed by atoms with E-state index in [0.29, 0.717) is 5.69 Å². The molecule has 1 aromatic carbocycles. The van der Waals surface area contributed by atoms with Gasteiger partial charge in [-0.1, -0.05) is 19.1 Å². The van der Waals surface area contributed by atoms with E-state index in [0.717, 1.165) is 42.5 Å². The highest BCUT2D eigenvalue weighted by Gasteiger charge is 2.29. The molecule has 0 spiro atoms. The lowest BCUT2D eigenvalue weighted by atomic mass is 10.1. The van der Waals surface area contributed by atoms with Crippen molar-refractivity contribution < 1.29 is 15.0 Å². The van der Waals surface area contributed by atoms with Gasteiger partial charge in [-0.25, -0.2) is 4.79 Å². The van der Waals surface area contributed by atoms with Crippen LogP contribution < -0.4 is 4.90 Å². The number of aliphatic hydroxyl groups is 1. The van der Waals surface area contributed by atoms with Crippen molar-refractivity contribution in [2.45, 2.75) is 25.8 Å². The Morgan fingerprint density at radius 3 is 2.90 bits per heavy atom. The predicted octanol–water partition coefficient (Wildman–Crippen LogP) is 2.49. The molecule has 0 saturated carbocycles. The second-order valence-corrected chi connectivity index (χ2v) is 5.50. The molecule has 2 aromatic rings. The highest BCUT2D eigenvalue weighted by Crippen LogP contribution is 2.38. The molecule has 1 aromatic heterocycles. The first-order valence-corrected chi connectivity index (χ1v) is 7.40. The number of aromatic nitrogens is 1. The van der Waals surface area contributed by atoms with Crippen LogP contribution in [0.4, 0.5) is 5.69 Å². The molecule has 5 heteroatoms. The topological polar surface area (TPSA) is 65.7 Å². The van der Waals surface area contributed by atoms with Crippen LogP contribution >= 0.6 is 0 Å². The summed E-state index contributed by atoms with van der Waals surface area (Å²) in [6, 6.07) is 7.88. The minimum Gasteiger partial charge on any atom is -0.477 e. The predicted molar refractivity (Wildman–Crippen MR) is 82.1 cm³/mol. The number of hydrogen-bond acceptors (Lipinski definition) is 3. The molecule has 2 heterocycles. The summed E-state index contributed by atoms with van der Waals surface area (Å²) in [5, 5.41) is 19.5. The van der Waals surface area contributed by atoms with Gasteiger partial charge in [0, 0.05) is 25.1 Å². The van der Waals surface area contributed by atoms with Gasteiger partial charge in [-0.3, -0.25) is 0 Å². The first-order valence-electron chi connectivity index (χ1n) is 7.40. The molecule has 1 aliphatic rings. The summed E-state index contributed by atoms with van der Waals surface area (Å²) in [5.41, 5.74) is 2.44. The fourth-order valence-corrected chi connectivity index (χ4v) is 3.28. The summed E-state index contributed by atoms with van der Waals surface area (Å²) in [6.07, 6.45) is 1.60. The summed E-state index contributed by atoms with van der Waals surface area (Å²) >= 11 is 0. The first kappa shape index (κ1) is 13.9. The zero-order valence-corrected chi connectivity index (χ0v) is 12.1. The Morgan fingerprint density at radius 1 is 1.43 bits per heavy atom. The highest BCUT2D eigenvalue weighted by atomic mass is 16.4. The van der Waals surface area contributed by atoms with Crippen LogP contribution in [-0.4, -0.2) is 40.4 Å². The van der Waals surface area contributed by atoms with E-state index in [9.17, 15) is 9.90 Å². The Bertz CT molecular complexity index is 677. The maximum atomic E-state index is 11.5. The fourth-order valence-electron chi connectivity index (χ4n) is 3.28. The van der Waals surface area contributed by atoms with E-state index in [1.54, 1.807) is 6.07 Å². The molecule has 0 bridgehead atoms. The lowest BCUT2D eigenvalue weighted by Crippen LogP contribution is -2.36. The van der Waals surface area contributed by atoms with Gasteiger partial charge in [-0.15, -0.1) is 0 Å². The third-order valence-electron chi connectivity index (χ3n) is 4.25. The molecule has 1 aliphatic heterocycles. The summed E-state index contributed by atoms with van der Waals surface area (Å²) < 4.78 is 1.97. The van der Waals surface area contributed by atoms with Gasteiger partial charge in [0.1, 0.15) is 5.69 Å². The number of nitrogens with zero attached hydrogens (tertiary/aromatic N) is 2. The summed E-state index contributed by atoms with van der Waals surface area (Å²) in [7, 11) is 0. The Labute approximate surface area is 123 Å². The lowest BCUT2D eigenvalue weighted by Gasteiger charge is -2.36. The van der Waals surface area contributed by atoms with Crippen molar-refractivity contribution in [2.24, 2.45) is 0 Å². The van der Waals surface area contributed by atoms with E-state index < -0.39 is 5.97 Å². The molecule has 0 saturated heterocycles. The standard InChI is InChI=1S/C16H20N2O3/c1-2-12-10-17(7-4-8-19)13-6-3-5-11-9-14(16(20)21)18(12)15(11)13/h3,5-6,9,12,19H,2,4,7-8,10H2,1H3,(H,20,21). The molecule has 0 aliphatic carbocycles. The van der Waals surface area contributed by atoms with Gasteiger partial charge >= 0.3 is 5.97 Å². The second kappa shape index (κ2) is 5.41. The number of para-hydroxylation sites is 1. The average molecular weight is 288 g/mol. The second-order valence-electron chi connectivity index (χ2n) is 5.50. The number of rotatable bonds is 5. The normalized spacial score (nSPS) is 17.4. The van der Waals surface area contributed by atoms with Crippen molar-refractivity contribution in [1.29, 1.82) is 0 Å². The number of anilines is 1. The molecule has 21 heavy (non-hydrogen) atoms. The van der Waals surface area contributed by atoms with Crippen LogP contribution in [0, 0.1) is 0 Å².